The highest BCUT2D eigenvalue weighted by atomic mass is 32.2. The van der Waals surface area contributed by atoms with Gasteiger partial charge in [-0.3, -0.25) is 0 Å². The van der Waals surface area contributed by atoms with E-state index in [2.05, 4.69) is 93.6 Å². The van der Waals surface area contributed by atoms with Crippen LogP contribution in [0.2, 0.25) is 0 Å². The van der Waals surface area contributed by atoms with E-state index in [9.17, 15) is 0 Å². The number of hydrogen-bond donors (Lipinski definition) is 0. The molecule has 0 aliphatic carbocycles. The normalized spacial score (nSPS) is 11.7. The van der Waals surface area contributed by atoms with Gasteiger partial charge in [-0.15, -0.1) is 92.4 Å². The third kappa shape index (κ3) is 8.81. The van der Waals surface area contributed by atoms with Crippen LogP contribution < -0.4 is 0 Å². The lowest BCUT2D eigenvalue weighted by Gasteiger charge is -2.21. The summed E-state index contributed by atoms with van der Waals surface area (Å²) in [5, 5.41) is 8.75. The lowest BCUT2D eigenvalue weighted by Crippen LogP contribution is -2.03. The van der Waals surface area contributed by atoms with Crippen molar-refractivity contribution in [3.05, 3.63) is 94.1 Å². The third-order valence-electron chi connectivity index (χ3n) is 4.23. The second kappa shape index (κ2) is 13.8. The van der Waals surface area contributed by atoms with E-state index >= 15 is 0 Å². The Morgan fingerprint density at radius 1 is 0.581 bits per heavy atom. The fraction of sp³-hybridized carbons (Fsp3) is 0.261. The molecule has 4 heterocycles. The molecule has 0 aromatic carbocycles. The van der Waals surface area contributed by atoms with Gasteiger partial charge >= 0.3 is 0 Å². The first-order chi connectivity index (χ1) is 15.3. The third-order valence-corrected chi connectivity index (χ3v) is 13.9. The molecule has 4 aromatic rings. The summed E-state index contributed by atoms with van der Waals surface area (Å²) in [6.07, 6.45) is 1.15. The van der Waals surface area contributed by atoms with Crippen molar-refractivity contribution in [2.45, 2.75) is 34.0 Å². The highest BCUT2D eigenvalue weighted by molar-refractivity contribution is 8.20. The first kappa shape index (κ1) is 24.3. The monoisotopic (exact) mass is 555 g/mol. The first-order valence-corrected chi connectivity index (χ1v) is 17.4. The molecule has 31 heavy (non-hydrogen) atoms. The molecular formula is C23H23S8. The van der Waals surface area contributed by atoms with Gasteiger partial charge in [-0.2, -0.15) is 0 Å². The predicted octanol–water partition coefficient (Wildman–Crippen LogP) is 10.2. The molecule has 0 amide bonds. The first-order valence-electron chi connectivity index (χ1n) is 9.79. The second-order valence-electron chi connectivity index (χ2n) is 6.52. The van der Waals surface area contributed by atoms with Crippen LogP contribution >= 0.6 is 92.4 Å². The molecule has 8 heteroatoms. The summed E-state index contributed by atoms with van der Waals surface area (Å²) >= 11 is 15.8. The zero-order valence-corrected chi connectivity index (χ0v) is 23.3. The molecule has 0 nitrogen and oxygen atoms in total. The summed E-state index contributed by atoms with van der Waals surface area (Å²) in [6.45, 7) is 0. The minimum atomic E-state index is 0.575. The Bertz CT molecular complexity index is 771. The van der Waals surface area contributed by atoms with Gasteiger partial charge in [0.05, 0.1) is 9.16 Å². The molecule has 1 radical (unpaired) electrons. The van der Waals surface area contributed by atoms with Crippen molar-refractivity contribution in [1.82, 2.24) is 0 Å². The molecule has 0 bridgehead atoms. The molecule has 0 N–H and O–H groups in total. The van der Waals surface area contributed by atoms with Crippen LogP contribution in [0, 0.1) is 4.58 Å². The number of rotatable bonds is 14. The Kier molecular flexibility index (Phi) is 10.8. The van der Waals surface area contributed by atoms with Gasteiger partial charge in [-0.05, 0) is 52.2 Å². The largest absolute Gasteiger partial charge is 0.148 e. The Labute approximate surface area is 218 Å². The zero-order chi connectivity index (χ0) is 21.1. The van der Waals surface area contributed by atoms with Crippen molar-refractivity contribution in [3.8, 4) is 0 Å². The molecule has 4 rings (SSSR count). The van der Waals surface area contributed by atoms with E-state index in [1.54, 1.807) is 4.58 Å². The van der Waals surface area contributed by atoms with Crippen molar-refractivity contribution in [1.29, 1.82) is 0 Å². The molecule has 0 unspecified atom stereocenters. The quantitative estimate of drug-likeness (QED) is 0.142. The smallest absolute Gasteiger partial charge is 0.0874 e. The van der Waals surface area contributed by atoms with Crippen LogP contribution in [-0.2, 0) is 23.0 Å². The van der Waals surface area contributed by atoms with Crippen molar-refractivity contribution in [2.24, 2.45) is 0 Å². The van der Waals surface area contributed by atoms with Gasteiger partial charge in [0.15, 0.2) is 0 Å². The fourth-order valence-corrected chi connectivity index (χ4v) is 11.2. The molecule has 0 aliphatic rings. The van der Waals surface area contributed by atoms with Crippen molar-refractivity contribution in [2.75, 3.05) is 0 Å². The van der Waals surface area contributed by atoms with Crippen LogP contribution in [0.25, 0.3) is 0 Å². The van der Waals surface area contributed by atoms with E-state index in [1.807, 2.05) is 68.9 Å². The summed E-state index contributed by atoms with van der Waals surface area (Å²) < 4.78 is 2.15. The number of thiophene rings is 4. The average molecular weight is 556 g/mol. The SMILES string of the molecule is c1csc(CS[C](CC(SCc2cccs2)SCc2cccs2)SCc2cccs2)c1. The maximum atomic E-state index is 2.26. The maximum absolute atomic E-state index is 2.26. The van der Waals surface area contributed by atoms with E-state index in [0.717, 1.165) is 29.4 Å². The molecule has 0 spiro atoms. The van der Waals surface area contributed by atoms with Crippen molar-refractivity contribution in [3.63, 3.8) is 0 Å². The molecule has 0 aliphatic heterocycles. The Balaban J connectivity index is 1.37. The average Bonchev–Trinajstić information content (AvgIpc) is 3.59. The minimum absolute atomic E-state index is 0.575. The topological polar surface area (TPSA) is 0 Å². The van der Waals surface area contributed by atoms with Gasteiger partial charge < -0.3 is 0 Å². The highest BCUT2D eigenvalue weighted by Crippen LogP contribution is 2.46. The van der Waals surface area contributed by atoms with Gasteiger partial charge in [0.25, 0.3) is 0 Å². The maximum Gasteiger partial charge on any atom is 0.0874 e. The van der Waals surface area contributed by atoms with Crippen LogP contribution in [-0.4, -0.2) is 4.58 Å². The van der Waals surface area contributed by atoms with Crippen LogP contribution in [0.4, 0.5) is 0 Å². The van der Waals surface area contributed by atoms with Crippen LogP contribution in [0.3, 0.4) is 0 Å². The molecule has 0 saturated heterocycles. The van der Waals surface area contributed by atoms with Gasteiger partial charge in [0.1, 0.15) is 0 Å². The summed E-state index contributed by atoms with van der Waals surface area (Å²) in [5.41, 5.74) is 0. The predicted molar refractivity (Wildman–Crippen MR) is 154 cm³/mol. The summed E-state index contributed by atoms with van der Waals surface area (Å²) in [6, 6.07) is 17.7. The number of hydrogen-bond acceptors (Lipinski definition) is 8. The minimum Gasteiger partial charge on any atom is -0.148 e. The van der Waals surface area contributed by atoms with E-state index in [0.29, 0.717) is 4.58 Å². The summed E-state index contributed by atoms with van der Waals surface area (Å²) in [5.74, 6) is 4.39. The van der Waals surface area contributed by atoms with Gasteiger partial charge in [-0.25, -0.2) is 0 Å². The Hall–Kier alpha value is 0.200. The molecular weight excluding hydrogens is 533 g/mol. The zero-order valence-electron chi connectivity index (χ0n) is 16.8. The van der Waals surface area contributed by atoms with E-state index < -0.39 is 0 Å². The van der Waals surface area contributed by atoms with Crippen LogP contribution in [0.15, 0.2) is 70.1 Å². The van der Waals surface area contributed by atoms with E-state index in [4.69, 9.17) is 0 Å². The van der Waals surface area contributed by atoms with Gasteiger partial charge in [0.2, 0.25) is 0 Å². The summed E-state index contributed by atoms with van der Waals surface area (Å²) in [7, 11) is 0. The van der Waals surface area contributed by atoms with Crippen LogP contribution in [0.5, 0.6) is 0 Å². The molecule has 163 valence electrons. The Morgan fingerprint density at radius 3 is 1.32 bits per heavy atom. The second-order valence-corrected chi connectivity index (χ2v) is 15.7. The van der Waals surface area contributed by atoms with E-state index in [-0.39, 0.29) is 0 Å². The van der Waals surface area contributed by atoms with Gasteiger partial charge in [-0.1, -0.05) is 24.3 Å². The lowest BCUT2D eigenvalue weighted by atomic mass is 10.5. The number of thioether (sulfide) groups is 4. The molecule has 0 fully saturated rings. The van der Waals surface area contributed by atoms with E-state index in [1.165, 1.54) is 19.5 Å². The molecule has 0 atom stereocenters. The highest BCUT2D eigenvalue weighted by Gasteiger charge is 2.21. The fourth-order valence-electron chi connectivity index (χ4n) is 2.69. The summed E-state index contributed by atoms with van der Waals surface area (Å²) in [4.78, 5) is 5.89. The standard InChI is InChI=1S/C23H23S8/c1-5-18(24-9-1)14-28-22(29-15-19-6-2-10-25-19)13-23(30-16-20-7-3-11-26-20)31-17-21-8-4-12-27-21/h1-12,22H,13-17H2. The van der Waals surface area contributed by atoms with Crippen molar-refractivity contribution >= 4 is 92.4 Å². The molecule has 4 aromatic heterocycles. The lowest BCUT2D eigenvalue weighted by molar-refractivity contribution is 1.12. The van der Waals surface area contributed by atoms with Crippen molar-refractivity contribution < 1.29 is 0 Å². The molecule has 0 saturated carbocycles. The van der Waals surface area contributed by atoms with Gasteiger partial charge in [0, 0.05) is 42.5 Å². The van der Waals surface area contributed by atoms with Crippen LogP contribution in [0.1, 0.15) is 25.9 Å². The Morgan fingerprint density at radius 2 is 0.968 bits per heavy atom.